The van der Waals surface area contributed by atoms with Crippen molar-refractivity contribution in [3.8, 4) is 0 Å². The monoisotopic (exact) mass is 652 g/mol. The number of thioether (sulfide) groups is 2. The zero-order chi connectivity index (χ0) is 32.8. The SMILES string of the molecule is COC(=O)CC(O)C(C)CSc1ccc(C)cn1.COC(=O)CC(O[Si](C)(C)C(C)(C)C)C(C)CSc1ccc(C)cn1. The van der Waals surface area contributed by atoms with E-state index in [9.17, 15) is 14.7 Å². The van der Waals surface area contributed by atoms with Crippen LogP contribution in [0.3, 0.4) is 0 Å². The summed E-state index contributed by atoms with van der Waals surface area (Å²) < 4.78 is 16.0. The third-order valence-electron chi connectivity index (χ3n) is 7.50. The predicted octanol–water partition coefficient (Wildman–Crippen LogP) is 7.11. The lowest BCUT2D eigenvalue weighted by molar-refractivity contribution is -0.144. The molecule has 2 heterocycles. The molecule has 4 unspecified atom stereocenters. The molecule has 0 amide bonds. The molecule has 0 saturated carbocycles. The minimum Gasteiger partial charge on any atom is -0.469 e. The molecule has 1 N–H and O–H groups in total. The quantitative estimate of drug-likeness (QED) is 0.129. The largest absolute Gasteiger partial charge is 0.469 e. The van der Waals surface area contributed by atoms with Crippen molar-refractivity contribution >= 4 is 43.8 Å². The maximum absolute atomic E-state index is 11.9. The summed E-state index contributed by atoms with van der Waals surface area (Å²) in [7, 11) is 0.797. The van der Waals surface area contributed by atoms with E-state index in [2.05, 4.69) is 61.6 Å². The fourth-order valence-electron chi connectivity index (χ4n) is 3.35. The number of esters is 2. The highest BCUT2D eigenvalue weighted by atomic mass is 32.2. The van der Waals surface area contributed by atoms with Gasteiger partial charge in [-0.1, -0.05) is 46.8 Å². The molecule has 0 bridgehead atoms. The first-order chi connectivity index (χ1) is 20.0. The van der Waals surface area contributed by atoms with Gasteiger partial charge in [0.05, 0.1) is 49.3 Å². The van der Waals surface area contributed by atoms with Gasteiger partial charge in [0.2, 0.25) is 0 Å². The highest BCUT2D eigenvalue weighted by Crippen LogP contribution is 2.39. The van der Waals surface area contributed by atoms with Gasteiger partial charge in [-0.3, -0.25) is 9.59 Å². The number of carbonyl (C=O) groups excluding carboxylic acids is 2. The van der Waals surface area contributed by atoms with Gasteiger partial charge in [0.15, 0.2) is 8.32 Å². The summed E-state index contributed by atoms with van der Waals surface area (Å²) >= 11 is 3.28. The molecule has 8 nitrogen and oxygen atoms in total. The van der Waals surface area contributed by atoms with E-state index in [1.54, 1.807) is 23.5 Å². The summed E-state index contributed by atoms with van der Waals surface area (Å²) in [4.78, 5) is 31.6. The van der Waals surface area contributed by atoms with Gasteiger partial charge in [-0.25, -0.2) is 9.97 Å². The van der Waals surface area contributed by atoms with Crippen LogP contribution < -0.4 is 0 Å². The minimum atomic E-state index is -1.96. The van der Waals surface area contributed by atoms with Crippen molar-refractivity contribution in [2.75, 3.05) is 25.7 Å². The standard InChI is InChI=1S/C19H33NO3SSi.C13H19NO3S/c1-14-9-10-17(20-12-14)24-13-15(2)16(11-18(21)22-6)23-25(7,8)19(3,4)5;1-9-4-5-12(14-7-9)18-8-10(2)11(15)6-13(16)17-3/h9-10,12,15-16H,11,13H2,1-8H3;4-5,7,10-11,15H,6,8H2,1-3H3. The molecular formula is C32H52N2O6S2Si. The lowest BCUT2D eigenvalue weighted by atomic mass is 10.0. The Morgan fingerprint density at radius 1 is 0.837 bits per heavy atom. The smallest absolute Gasteiger partial charge is 0.308 e. The number of rotatable bonds is 14. The summed E-state index contributed by atoms with van der Waals surface area (Å²) in [5.41, 5.74) is 2.28. The Bertz CT molecular complexity index is 1110. The molecule has 4 atom stereocenters. The normalized spacial score (nSPS) is 14.5. The molecule has 0 aliphatic carbocycles. The highest BCUT2D eigenvalue weighted by molar-refractivity contribution is 7.99. The Kier molecular flexibility index (Phi) is 17.1. The van der Waals surface area contributed by atoms with E-state index < -0.39 is 14.4 Å². The molecule has 0 aliphatic heterocycles. The first-order valence-corrected chi connectivity index (χ1v) is 19.5. The van der Waals surface area contributed by atoms with E-state index >= 15 is 0 Å². The van der Waals surface area contributed by atoms with E-state index in [0.29, 0.717) is 12.2 Å². The lowest BCUT2D eigenvalue weighted by Crippen LogP contribution is -2.46. The molecule has 2 aromatic heterocycles. The lowest BCUT2D eigenvalue weighted by Gasteiger charge is -2.40. The average molecular weight is 653 g/mol. The van der Waals surface area contributed by atoms with Crippen LogP contribution >= 0.6 is 23.5 Å². The van der Waals surface area contributed by atoms with Crippen molar-refractivity contribution in [3.63, 3.8) is 0 Å². The molecule has 0 spiro atoms. The van der Waals surface area contributed by atoms with E-state index in [0.717, 1.165) is 26.9 Å². The van der Waals surface area contributed by atoms with Gasteiger partial charge >= 0.3 is 11.9 Å². The number of hydrogen-bond acceptors (Lipinski definition) is 10. The van der Waals surface area contributed by atoms with Crippen LogP contribution in [-0.2, 0) is 23.5 Å². The van der Waals surface area contributed by atoms with Crippen LogP contribution in [-0.4, -0.2) is 73.3 Å². The van der Waals surface area contributed by atoms with Crippen molar-refractivity contribution in [2.24, 2.45) is 11.8 Å². The average Bonchev–Trinajstić information content (AvgIpc) is 2.95. The molecule has 0 aromatic carbocycles. The molecular weight excluding hydrogens is 601 g/mol. The van der Waals surface area contributed by atoms with Crippen LogP contribution in [0.25, 0.3) is 0 Å². The van der Waals surface area contributed by atoms with Crippen LogP contribution in [0.2, 0.25) is 18.1 Å². The van der Waals surface area contributed by atoms with Crippen LogP contribution in [0, 0.1) is 25.7 Å². The summed E-state index contributed by atoms with van der Waals surface area (Å²) in [6.45, 7) is 19.2. The molecule has 0 fully saturated rings. The number of aryl methyl sites for hydroxylation is 2. The first kappa shape index (κ1) is 39.1. The maximum atomic E-state index is 11.9. The number of nitrogens with zero attached hydrogens (tertiary/aromatic N) is 2. The Balaban J connectivity index is 0.000000453. The van der Waals surface area contributed by atoms with E-state index in [1.807, 2.05) is 51.4 Å². The summed E-state index contributed by atoms with van der Waals surface area (Å²) in [5.74, 6) is 1.21. The predicted molar refractivity (Wildman–Crippen MR) is 179 cm³/mol. The van der Waals surface area contributed by atoms with Crippen LogP contribution in [0.4, 0.5) is 0 Å². The second kappa shape index (κ2) is 18.8. The van der Waals surface area contributed by atoms with Crippen molar-refractivity contribution in [1.82, 2.24) is 9.97 Å². The number of pyridine rings is 2. The van der Waals surface area contributed by atoms with Crippen LogP contribution in [0.15, 0.2) is 46.7 Å². The van der Waals surface area contributed by atoms with Gasteiger partial charge in [0.1, 0.15) is 0 Å². The van der Waals surface area contributed by atoms with Crippen molar-refractivity contribution in [3.05, 3.63) is 47.8 Å². The third kappa shape index (κ3) is 15.1. The Labute approximate surface area is 268 Å². The number of ether oxygens (including phenoxy) is 2. The molecule has 0 radical (unpaired) electrons. The number of carbonyl (C=O) groups is 2. The zero-order valence-electron chi connectivity index (χ0n) is 27.8. The van der Waals surface area contributed by atoms with Gasteiger partial charge < -0.3 is 19.0 Å². The second-order valence-electron chi connectivity index (χ2n) is 12.5. The fourth-order valence-corrected chi connectivity index (χ4v) is 6.66. The van der Waals surface area contributed by atoms with Crippen LogP contribution in [0.1, 0.15) is 58.6 Å². The molecule has 0 aliphatic rings. The first-order valence-electron chi connectivity index (χ1n) is 14.6. The Hall–Kier alpha value is -1.92. The van der Waals surface area contributed by atoms with E-state index in [-0.39, 0.29) is 41.3 Å². The van der Waals surface area contributed by atoms with Gasteiger partial charge in [-0.05, 0) is 67.1 Å². The highest BCUT2D eigenvalue weighted by Gasteiger charge is 2.40. The van der Waals surface area contributed by atoms with Gasteiger partial charge in [-0.2, -0.15) is 0 Å². The van der Waals surface area contributed by atoms with Gasteiger partial charge in [-0.15, -0.1) is 23.5 Å². The molecule has 43 heavy (non-hydrogen) atoms. The summed E-state index contributed by atoms with van der Waals surface area (Å²) in [6.07, 6.45) is 3.23. The Morgan fingerprint density at radius 2 is 1.28 bits per heavy atom. The number of aliphatic hydroxyl groups is 1. The molecule has 242 valence electrons. The third-order valence-corrected chi connectivity index (χ3v) is 14.5. The van der Waals surface area contributed by atoms with Crippen molar-refractivity contribution in [2.45, 2.75) is 102 Å². The number of aliphatic hydroxyl groups excluding tert-OH is 1. The molecule has 2 rings (SSSR count). The molecule has 0 saturated heterocycles. The number of aromatic nitrogens is 2. The maximum Gasteiger partial charge on any atom is 0.308 e. The zero-order valence-corrected chi connectivity index (χ0v) is 30.4. The van der Waals surface area contributed by atoms with Crippen LogP contribution in [0.5, 0.6) is 0 Å². The number of hydrogen-bond donors (Lipinski definition) is 1. The second-order valence-corrected chi connectivity index (χ2v) is 19.3. The van der Waals surface area contributed by atoms with E-state index in [1.165, 1.54) is 14.2 Å². The van der Waals surface area contributed by atoms with Crippen molar-refractivity contribution < 1.29 is 28.6 Å². The van der Waals surface area contributed by atoms with Gasteiger partial charge in [0, 0.05) is 23.9 Å². The summed E-state index contributed by atoms with van der Waals surface area (Å²) in [6, 6.07) is 8.07. The minimum absolute atomic E-state index is 0.0113. The summed E-state index contributed by atoms with van der Waals surface area (Å²) in [5, 5.41) is 11.8. The fraction of sp³-hybridized carbons (Fsp3) is 0.625. The topological polar surface area (TPSA) is 108 Å². The van der Waals surface area contributed by atoms with E-state index in [4.69, 9.17) is 9.16 Å². The number of methoxy groups -OCH3 is 2. The Morgan fingerprint density at radius 3 is 1.67 bits per heavy atom. The molecule has 11 heteroatoms. The van der Waals surface area contributed by atoms with Gasteiger partial charge in [0.25, 0.3) is 0 Å². The molecule has 2 aromatic rings. The van der Waals surface area contributed by atoms with Crippen molar-refractivity contribution in [1.29, 1.82) is 0 Å².